The number of aliphatic hydroxyl groups excluding tert-OH is 1. The van der Waals surface area contributed by atoms with Gasteiger partial charge in [-0.05, 0) is 141 Å². The monoisotopic (exact) mass is 1100 g/mol. The number of phosphoric ester groups is 1. The van der Waals surface area contributed by atoms with Crippen molar-refractivity contribution in [3.8, 4) is 0 Å². The van der Waals surface area contributed by atoms with Crippen molar-refractivity contribution in [2.24, 2.45) is 0 Å². The van der Waals surface area contributed by atoms with Crippen LogP contribution < -0.4 is 0 Å². The molecule has 0 aliphatic carbocycles. The van der Waals surface area contributed by atoms with E-state index in [0.717, 1.165) is 141 Å². The van der Waals surface area contributed by atoms with Crippen LogP contribution in [0, 0.1) is 0 Å². The Morgan fingerprint density at radius 1 is 0.359 bits per heavy atom. The van der Waals surface area contributed by atoms with Crippen molar-refractivity contribution in [2.45, 2.75) is 213 Å². The number of aliphatic hydroxyl groups is 1. The Kier molecular flexibility index (Phi) is 54.6. The number of phosphoric acid groups is 1. The van der Waals surface area contributed by atoms with Gasteiger partial charge in [0.05, 0.1) is 19.8 Å². The van der Waals surface area contributed by atoms with Gasteiger partial charge in [0, 0.05) is 19.3 Å². The van der Waals surface area contributed by atoms with Crippen molar-refractivity contribution in [3.05, 3.63) is 158 Å². The molecule has 0 saturated heterocycles. The number of hydrogen-bond acceptors (Lipinski definition) is 10. The van der Waals surface area contributed by atoms with E-state index in [9.17, 15) is 28.9 Å². The minimum atomic E-state index is -4.79. The second-order valence-corrected chi connectivity index (χ2v) is 20.1. The molecule has 0 fully saturated rings. The van der Waals surface area contributed by atoms with Crippen LogP contribution >= 0.6 is 7.82 Å². The largest absolute Gasteiger partial charge is 0.472 e. The van der Waals surface area contributed by atoms with Gasteiger partial charge in [-0.25, -0.2) is 4.57 Å². The molecular formula is C66H103O11P. The first-order valence-electron chi connectivity index (χ1n) is 29.4. The summed E-state index contributed by atoms with van der Waals surface area (Å²) < 4.78 is 39.5. The number of carbonyl (C=O) groups is 3. The van der Waals surface area contributed by atoms with E-state index in [0.29, 0.717) is 19.3 Å². The molecule has 0 spiro atoms. The molecule has 0 aromatic carbocycles. The molecule has 3 unspecified atom stereocenters. The fraction of sp³-hybridized carbons (Fsp3) is 0.561. The highest BCUT2D eigenvalue weighted by Crippen LogP contribution is 2.43. The number of esters is 3. The lowest BCUT2D eigenvalue weighted by Gasteiger charge is -2.21. The standard InChI is InChI=1S/C66H103O11P/c1-4-7-10-13-16-19-22-25-28-30-31-33-36-39-42-45-48-51-54-57-66(70)77-63(59-73-64(68)55-52-49-46-43-40-37-35-32-29-26-23-20-17-14-11-8-5-2)61-75-78(71,72)74-60-62(58-67)76-65(69)56-53-50-47-44-41-38-34-27-24-21-18-15-12-9-6-3/h7-12,16-21,25-29,31,33-35,37,39,41-42,44,62-63,67H,4-6,13-15,22-24,30,32,36,38,40,43,45-61H2,1-3H3,(H,71,72)/b10-7-,11-8-,12-9-,19-16-,20-17-,21-18-,28-25-,29-26-,33-31-,34-27-,37-35-,42-39-,44-41-. The predicted molar refractivity (Wildman–Crippen MR) is 325 cm³/mol. The second-order valence-electron chi connectivity index (χ2n) is 18.7. The topological polar surface area (TPSA) is 155 Å². The predicted octanol–water partition coefficient (Wildman–Crippen LogP) is 17.7. The third-order valence-electron chi connectivity index (χ3n) is 11.4. The van der Waals surface area contributed by atoms with Crippen molar-refractivity contribution in [3.63, 3.8) is 0 Å². The van der Waals surface area contributed by atoms with Gasteiger partial charge in [-0.15, -0.1) is 0 Å². The molecule has 0 aliphatic heterocycles. The zero-order valence-corrected chi connectivity index (χ0v) is 49.2. The van der Waals surface area contributed by atoms with Gasteiger partial charge in [0.15, 0.2) is 6.10 Å². The maximum Gasteiger partial charge on any atom is 0.472 e. The Balaban J connectivity index is 4.90. The summed E-state index contributed by atoms with van der Waals surface area (Å²) in [7, 11) is -4.79. The Hall–Kier alpha value is -4.90. The molecule has 0 radical (unpaired) electrons. The first kappa shape index (κ1) is 73.1. The van der Waals surface area contributed by atoms with Crippen molar-refractivity contribution in [2.75, 3.05) is 26.4 Å². The van der Waals surface area contributed by atoms with Gasteiger partial charge in [-0.1, -0.05) is 198 Å². The first-order chi connectivity index (χ1) is 38.2. The van der Waals surface area contributed by atoms with E-state index < -0.39 is 57.8 Å². The van der Waals surface area contributed by atoms with E-state index in [4.69, 9.17) is 23.3 Å². The molecule has 11 nitrogen and oxygen atoms in total. The van der Waals surface area contributed by atoms with Crippen LogP contribution in [-0.2, 0) is 42.2 Å². The smallest absolute Gasteiger partial charge is 0.462 e. The summed E-state index contributed by atoms with van der Waals surface area (Å²) >= 11 is 0. The number of rotatable bonds is 52. The van der Waals surface area contributed by atoms with Gasteiger partial charge in [0.1, 0.15) is 12.7 Å². The van der Waals surface area contributed by atoms with Crippen LogP contribution in [0.15, 0.2) is 158 Å². The van der Waals surface area contributed by atoms with Crippen LogP contribution in [0.3, 0.4) is 0 Å². The fourth-order valence-electron chi connectivity index (χ4n) is 7.07. The zero-order valence-electron chi connectivity index (χ0n) is 48.3. The fourth-order valence-corrected chi connectivity index (χ4v) is 7.85. The maximum atomic E-state index is 12.9. The average molecular weight is 1100 g/mol. The summed E-state index contributed by atoms with van der Waals surface area (Å²) in [5.74, 6) is -1.60. The third-order valence-corrected chi connectivity index (χ3v) is 12.4. The molecular weight excluding hydrogens is 1000 g/mol. The van der Waals surface area contributed by atoms with Crippen molar-refractivity contribution < 1.29 is 52.2 Å². The van der Waals surface area contributed by atoms with Crippen LogP contribution in [0.1, 0.15) is 201 Å². The Morgan fingerprint density at radius 2 is 0.628 bits per heavy atom. The molecule has 0 saturated carbocycles. The molecule has 2 N–H and O–H groups in total. The Morgan fingerprint density at radius 3 is 0.987 bits per heavy atom. The van der Waals surface area contributed by atoms with Gasteiger partial charge in [-0.3, -0.25) is 23.4 Å². The number of hydrogen-bond donors (Lipinski definition) is 2. The maximum absolute atomic E-state index is 12.9. The lowest BCUT2D eigenvalue weighted by molar-refractivity contribution is -0.161. The van der Waals surface area contributed by atoms with E-state index >= 15 is 0 Å². The molecule has 0 heterocycles. The molecule has 12 heteroatoms. The highest BCUT2D eigenvalue weighted by Gasteiger charge is 2.28. The Labute approximate surface area is 473 Å². The molecule has 0 amide bonds. The van der Waals surface area contributed by atoms with Gasteiger partial charge in [0.25, 0.3) is 0 Å². The van der Waals surface area contributed by atoms with Gasteiger partial charge < -0.3 is 24.2 Å². The van der Waals surface area contributed by atoms with Crippen molar-refractivity contribution in [1.29, 1.82) is 0 Å². The quantitative estimate of drug-likeness (QED) is 0.0197. The van der Waals surface area contributed by atoms with Crippen LogP contribution in [-0.4, -0.2) is 66.5 Å². The molecule has 0 bridgehead atoms. The number of unbranched alkanes of at least 4 members (excludes halogenated alkanes) is 9. The highest BCUT2D eigenvalue weighted by atomic mass is 31.2. The van der Waals surface area contributed by atoms with Crippen molar-refractivity contribution in [1.82, 2.24) is 0 Å². The number of carbonyl (C=O) groups excluding carboxylic acids is 3. The zero-order chi connectivity index (χ0) is 56.9. The van der Waals surface area contributed by atoms with Crippen LogP contribution in [0.5, 0.6) is 0 Å². The lowest BCUT2D eigenvalue weighted by atomic mass is 10.1. The van der Waals surface area contributed by atoms with E-state index in [1.165, 1.54) is 0 Å². The summed E-state index contributed by atoms with van der Waals surface area (Å²) in [5.41, 5.74) is 0. The first-order valence-corrected chi connectivity index (χ1v) is 30.9. The summed E-state index contributed by atoms with van der Waals surface area (Å²) in [6.07, 6.45) is 76.3. The summed E-state index contributed by atoms with van der Waals surface area (Å²) in [5, 5.41) is 9.82. The van der Waals surface area contributed by atoms with Gasteiger partial charge in [0.2, 0.25) is 0 Å². The minimum absolute atomic E-state index is 0.109. The summed E-state index contributed by atoms with van der Waals surface area (Å²) in [6.45, 7) is 4.16. The van der Waals surface area contributed by atoms with E-state index in [1.807, 2.05) is 0 Å². The second kappa shape index (κ2) is 58.3. The van der Waals surface area contributed by atoms with Crippen molar-refractivity contribution >= 4 is 25.7 Å². The molecule has 0 aromatic heterocycles. The van der Waals surface area contributed by atoms with E-state index in [2.05, 4.69) is 179 Å². The van der Waals surface area contributed by atoms with Crippen LogP contribution in [0.2, 0.25) is 0 Å². The summed E-state index contributed by atoms with van der Waals surface area (Å²) in [4.78, 5) is 48.6. The van der Waals surface area contributed by atoms with Crippen LogP contribution in [0.25, 0.3) is 0 Å². The van der Waals surface area contributed by atoms with Gasteiger partial charge >= 0.3 is 25.7 Å². The Bertz CT molecular complexity index is 1910. The molecule has 438 valence electrons. The molecule has 78 heavy (non-hydrogen) atoms. The van der Waals surface area contributed by atoms with E-state index in [-0.39, 0.29) is 25.9 Å². The highest BCUT2D eigenvalue weighted by molar-refractivity contribution is 7.47. The summed E-state index contributed by atoms with van der Waals surface area (Å²) in [6, 6.07) is 0. The van der Waals surface area contributed by atoms with Gasteiger partial charge in [-0.2, -0.15) is 0 Å². The molecule has 0 aromatic rings. The normalized spacial score (nSPS) is 14.5. The van der Waals surface area contributed by atoms with Crippen LogP contribution in [0.4, 0.5) is 0 Å². The van der Waals surface area contributed by atoms with E-state index in [1.54, 1.807) is 0 Å². The average Bonchev–Trinajstić information content (AvgIpc) is 3.43. The molecule has 0 rings (SSSR count). The number of ether oxygens (including phenoxy) is 3. The lowest BCUT2D eigenvalue weighted by Crippen LogP contribution is -2.30. The third kappa shape index (κ3) is 55.8. The number of allylic oxidation sites excluding steroid dienone is 26. The molecule has 0 aliphatic rings. The SMILES string of the molecule is CC/C=C\C/C=C\C/C=C\C/C=C\C/C=C\CCCCCC(=O)OC(COC(=O)CCCCCC/C=C\C/C=C\C/C=C\C/C=C\CC)COP(=O)(O)OCC(CO)OC(=O)CCCC/C=C\C/C=C\C/C=C\C/C=C\CC. The molecule has 3 atom stereocenters. The minimum Gasteiger partial charge on any atom is -0.462 e.